The molecule has 2 unspecified atom stereocenters. The van der Waals surface area contributed by atoms with Gasteiger partial charge < -0.3 is 19.7 Å². The summed E-state index contributed by atoms with van der Waals surface area (Å²) in [6, 6.07) is 1.63. The number of hydrogen-bond donors (Lipinski definition) is 1. The van der Waals surface area contributed by atoms with Crippen LogP contribution in [-0.4, -0.2) is 54.5 Å². The molecule has 0 radical (unpaired) electrons. The summed E-state index contributed by atoms with van der Waals surface area (Å²) in [5.41, 5.74) is 0.714. The van der Waals surface area contributed by atoms with Crippen molar-refractivity contribution in [3.05, 3.63) is 31.4 Å². The lowest BCUT2D eigenvalue weighted by molar-refractivity contribution is -0.124. The molecule has 0 bridgehead atoms. The fourth-order valence-electron chi connectivity index (χ4n) is 3.11. The Morgan fingerprint density at radius 2 is 2.28 bits per heavy atom. The third-order valence-electron chi connectivity index (χ3n) is 4.73. The van der Waals surface area contributed by atoms with Crippen molar-refractivity contribution in [3.63, 3.8) is 0 Å². The molecule has 1 saturated heterocycles. The number of methoxy groups -OCH3 is 1. The molecule has 0 aromatic carbocycles. The van der Waals surface area contributed by atoms with E-state index in [9.17, 15) is 9.59 Å². The van der Waals surface area contributed by atoms with Gasteiger partial charge in [0.05, 0.1) is 5.69 Å². The molecule has 10 heteroatoms. The molecule has 1 fully saturated rings. The molecule has 1 N–H and O–H groups in total. The first kappa shape index (κ1) is 22.0. The molecule has 7 nitrogen and oxygen atoms in total. The van der Waals surface area contributed by atoms with Crippen molar-refractivity contribution in [2.45, 2.75) is 38.8 Å². The van der Waals surface area contributed by atoms with Gasteiger partial charge in [-0.2, -0.15) is 0 Å². The maximum Gasteiger partial charge on any atom is 0.265 e. The van der Waals surface area contributed by atoms with E-state index in [1.54, 1.807) is 23.5 Å². The van der Waals surface area contributed by atoms with Gasteiger partial charge in [0.25, 0.3) is 11.8 Å². The van der Waals surface area contributed by atoms with Crippen molar-refractivity contribution in [1.29, 1.82) is 0 Å². The Morgan fingerprint density at radius 1 is 1.48 bits per heavy atom. The van der Waals surface area contributed by atoms with Crippen molar-refractivity contribution >= 4 is 46.1 Å². The number of aryl methyl sites for hydroxylation is 1. The molecule has 2 atom stereocenters. The monoisotopic (exact) mass is 457 g/mol. The number of carbonyl (C=O) groups excluding carboxylic acids is 2. The quantitative estimate of drug-likeness (QED) is 0.686. The van der Waals surface area contributed by atoms with E-state index in [1.165, 1.54) is 22.7 Å². The standard InChI is InChI=1S/C19H24ClN3O4S2/c1-11-16(29-18(21-11)12(2)26-3)19(25)23-7-4-5-13(9-23)22-15(24)10-27-14-6-8-28-17(14)20/h6,8,12-13H,4-5,7,9-10H2,1-3H3,(H,22,24). The lowest BCUT2D eigenvalue weighted by Gasteiger charge is -2.33. The van der Waals surface area contributed by atoms with Crippen LogP contribution in [0.1, 0.15) is 46.2 Å². The number of carbonyl (C=O) groups is 2. The van der Waals surface area contributed by atoms with Crippen molar-refractivity contribution in [1.82, 2.24) is 15.2 Å². The van der Waals surface area contributed by atoms with Crippen molar-refractivity contribution in [2.24, 2.45) is 0 Å². The molecular weight excluding hydrogens is 434 g/mol. The van der Waals surface area contributed by atoms with Crippen LogP contribution >= 0.6 is 34.3 Å². The maximum atomic E-state index is 13.0. The third-order valence-corrected chi connectivity index (χ3v) is 7.17. The van der Waals surface area contributed by atoms with Gasteiger partial charge in [0.1, 0.15) is 26.1 Å². The molecule has 2 aromatic rings. The number of halogens is 1. The third kappa shape index (κ3) is 5.48. The van der Waals surface area contributed by atoms with Crippen LogP contribution in [0.25, 0.3) is 0 Å². The van der Waals surface area contributed by atoms with E-state index in [1.807, 2.05) is 13.8 Å². The zero-order valence-electron chi connectivity index (χ0n) is 16.6. The van der Waals surface area contributed by atoms with Gasteiger partial charge in [0.2, 0.25) is 0 Å². The summed E-state index contributed by atoms with van der Waals surface area (Å²) in [6.45, 7) is 4.78. The lowest BCUT2D eigenvalue weighted by atomic mass is 10.1. The number of thiazole rings is 1. The number of hydrogen-bond acceptors (Lipinski definition) is 7. The van der Waals surface area contributed by atoms with Gasteiger partial charge in [-0.05, 0) is 38.1 Å². The number of aromatic nitrogens is 1. The Labute approximate surface area is 183 Å². The van der Waals surface area contributed by atoms with Crippen LogP contribution in [0.15, 0.2) is 11.4 Å². The minimum Gasteiger partial charge on any atom is -0.481 e. The highest BCUT2D eigenvalue weighted by Gasteiger charge is 2.28. The van der Waals surface area contributed by atoms with Gasteiger partial charge in [-0.15, -0.1) is 22.7 Å². The Morgan fingerprint density at radius 3 is 2.97 bits per heavy atom. The van der Waals surface area contributed by atoms with E-state index in [0.717, 1.165) is 17.8 Å². The average molecular weight is 458 g/mol. The second-order valence-corrected chi connectivity index (χ2v) is 9.40. The summed E-state index contributed by atoms with van der Waals surface area (Å²) in [5.74, 6) is 0.237. The normalized spacial score (nSPS) is 17.8. The summed E-state index contributed by atoms with van der Waals surface area (Å²) in [5, 5.41) is 5.55. The van der Waals surface area contributed by atoms with E-state index in [4.69, 9.17) is 21.1 Å². The zero-order valence-corrected chi connectivity index (χ0v) is 19.0. The highest BCUT2D eigenvalue weighted by molar-refractivity contribution is 7.14. The summed E-state index contributed by atoms with van der Waals surface area (Å²) in [6.07, 6.45) is 1.50. The maximum absolute atomic E-state index is 13.0. The highest BCUT2D eigenvalue weighted by Crippen LogP contribution is 2.30. The van der Waals surface area contributed by atoms with Crippen LogP contribution < -0.4 is 10.1 Å². The molecule has 29 heavy (non-hydrogen) atoms. The molecule has 1 aliphatic rings. The second-order valence-electron chi connectivity index (χ2n) is 6.85. The highest BCUT2D eigenvalue weighted by atomic mass is 35.5. The lowest BCUT2D eigenvalue weighted by Crippen LogP contribution is -2.50. The first-order chi connectivity index (χ1) is 13.9. The Kier molecular flexibility index (Phi) is 7.50. The van der Waals surface area contributed by atoms with E-state index < -0.39 is 0 Å². The van der Waals surface area contributed by atoms with Gasteiger partial charge in [-0.25, -0.2) is 4.98 Å². The number of ether oxygens (including phenoxy) is 2. The van der Waals surface area contributed by atoms with E-state index >= 15 is 0 Å². The van der Waals surface area contributed by atoms with Gasteiger partial charge >= 0.3 is 0 Å². The molecule has 158 valence electrons. The van der Waals surface area contributed by atoms with Crippen LogP contribution in [-0.2, 0) is 9.53 Å². The molecule has 0 spiro atoms. The van der Waals surface area contributed by atoms with Crippen LogP contribution in [0.5, 0.6) is 5.75 Å². The summed E-state index contributed by atoms with van der Waals surface area (Å²) in [7, 11) is 1.62. The van der Waals surface area contributed by atoms with E-state index in [0.29, 0.717) is 33.7 Å². The number of nitrogens with one attached hydrogen (secondary N) is 1. The number of thiophene rings is 1. The molecule has 0 aliphatic carbocycles. The summed E-state index contributed by atoms with van der Waals surface area (Å²) in [4.78, 5) is 32.1. The Balaban J connectivity index is 1.56. The summed E-state index contributed by atoms with van der Waals surface area (Å²) >= 11 is 8.70. The topological polar surface area (TPSA) is 80.8 Å². The van der Waals surface area contributed by atoms with Gasteiger partial charge in [0.15, 0.2) is 6.61 Å². The predicted octanol–water partition coefficient (Wildman–Crippen LogP) is 3.67. The van der Waals surface area contributed by atoms with Crippen LogP contribution in [0.4, 0.5) is 0 Å². The van der Waals surface area contributed by atoms with Crippen molar-refractivity contribution in [3.8, 4) is 5.75 Å². The molecule has 0 saturated carbocycles. The van der Waals surface area contributed by atoms with E-state index in [2.05, 4.69) is 10.3 Å². The smallest absolute Gasteiger partial charge is 0.265 e. The fraction of sp³-hybridized carbons (Fsp3) is 0.526. The first-order valence-corrected chi connectivity index (χ1v) is 11.4. The molecule has 1 aliphatic heterocycles. The average Bonchev–Trinajstić information content (AvgIpc) is 3.30. The van der Waals surface area contributed by atoms with Gasteiger partial charge in [-0.3, -0.25) is 9.59 Å². The van der Waals surface area contributed by atoms with Crippen molar-refractivity contribution in [2.75, 3.05) is 26.8 Å². The second kappa shape index (κ2) is 9.88. The number of likely N-dealkylation sites (tertiary alicyclic amines) is 1. The molecule has 2 amide bonds. The molecule has 3 heterocycles. The molecule has 2 aromatic heterocycles. The van der Waals surface area contributed by atoms with Gasteiger partial charge in [-0.1, -0.05) is 11.6 Å². The number of nitrogens with zero attached hydrogens (tertiary/aromatic N) is 2. The number of amides is 2. The molecule has 3 rings (SSSR count). The largest absolute Gasteiger partial charge is 0.481 e. The fourth-order valence-corrected chi connectivity index (χ4v) is 5.00. The number of piperidine rings is 1. The van der Waals surface area contributed by atoms with Crippen LogP contribution in [0.3, 0.4) is 0 Å². The first-order valence-electron chi connectivity index (χ1n) is 9.33. The van der Waals surface area contributed by atoms with Crippen molar-refractivity contribution < 1.29 is 19.1 Å². The van der Waals surface area contributed by atoms with Crippen LogP contribution in [0.2, 0.25) is 4.34 Å². The Hall–Kier alpha value is -1.68. The SMILES string of the molecule is COC(C)c1nc(C)c(C(=O)N2CCCC(NC(=O)COc3ccsc3Cl)C2)s1. The Bertz CT molecular complexity index is 870. The minimum atomic E-state index is -0.225. The van der Waals surface area contributed by atoms with Crippen LogP contribution in [0, 0.1) is 6.92 Å². The zero-order chi connectivity index (χ0) is 21.0. The predicted molar refractivity (Wildman–Crippen MR) is 114 cm³/mol. The van der Waals surface area contributed by atoms with E-state index in [-0.39, 0.29) is 30.6 Å². The summed E-state index contributed by atoms with van der Waals surface area (Å²) < 4.78 is 11.3. The minimum absolute atomic E-state index is 0.0465. The molecular formula is C19H24ClN3O4S2. The van der Waals surface area contributed by atoms with Gasteiger partial charge in [0, 0.05) is 26.2 Å². The number of rotatable bonds is 7.